The molecule has 0 aromatic carbocycles. The largest absolute Gasteiger partial charge is 0.457 e. The van der Waals surface area contributed by atoms with Gasteiger partial charge in [0, 0.05) is 5.92 Å². The lowest BCUT2D eigenvalue weighted by Crippen LogP contribution is -2.46. The minimum absolute atomic E-state index is 0.00641. The Labute approximate surface area is 153 Å². The molecule has 0 amide bonds. The Bertz CT molecular complexity index is 408. The minimum Gasteiger partial charge on any atom is -0.457 e. The van der Waals surface area contributed by atoms with E-state index in [-0.39, 0.29) is 24.3 Å². The van der Waals surface area contributed by atoms with E-state index < -0.39 is 0 Å². The Morgan fingerprint density at radius 2 is 1.68 bits per heavy atom. The van der Waals surface area contributed by atoms with Gasteiger partial charge < -0.3 is 14.2 Å². The highest BCUT2D eigenvalue weighted by Crippen LogP contribution is 2.39. The summed E-state index contributed by atoms with van der Waals surface area (Å²) in [6.07, 6.45) is 11.1. The highest BCUT2D eigenvalue weighted by molar-refractivity contribution is 5.73. The highest BCUT2D eigenvalue weighted by Gasteiger charge is 2.41. The van der Waals surface area contributed by atoms with Crippen LogP contribution < -0.4 is 0 Å². The van der Waals surface area contributed by atoms with Gasteiger partial charge in [0.05, 0.1) is 19.1 Å². The number of hydrogen-bond acceptors (Lipinski definition) is 4. The van der Waals surface area contributed by atoms with Crippen LogP contribution in [0.25, 0.3) is 0 Å². The van der Waals surface area contributed by atoms with Gasteiger partial charge in [0.25, 0.3) is 0 Å². The van der Waals surface area contributed by atoms with Crippen molar-refractivity contribution in [1.29, 1.82) is 0 Å². The number of rotatable bonds is 6. The fourth-order valence-corrected chi connectivity index (χ4v) is 4.69. The van der Waals surface area contributed by atoms with Crippen LogP contribution in [-0.4, -0.2) is 31.6 Å². The topological polar surface area (TPSA) is 44.8 Å². The second kappa shape index (κ2) is 9.36. The second-order valence-corrected chi connectivity index (χ2v) is 8.58. The summed E-state index contributed by atoms with van der Waals surface area (Å²) < 4.78 is 17.6. The number of carbonyl (C=O) groups excluding carboxylic acids is 1. The van der Waals surface area contributed by atoms with Gasteiger partial charge >= 0.3 is 5.97 Å². The molecule has 4 heteroatoms. The van der Waals surface area contributed by atoms with Crippen LogP contribution in [0.5, 0.6) is 0 Å². The van der Waals surface area contributed by atoms with Crippen molar-refractivity contribution in [3.05, 3.63) is 0 Å². The molecule has 1 saturated carbocycles. The van der Waals surface area contributed by atoms with Crippen LogP contribution in [0.4, 0.5) is 0 Å². The molecule has 144 valence electrons. The van der Waals surface area contributed by atoms with E-state index in [1.807, 2.05) is 0 Å². The predicted molar refractivity (Wildman–Crippen MR) is 97.1 cm³/mol. The molecule has 3 fully saturated rings. The van der Waals surface area contributed by atoms with Gasteiger partial charge in [0.2, 0.25) is 0 Å². The van der Waals surface area contributed by atoms with E-state index in [2.05, 4.69) is 13.8 Å². The molecule has 0 aromatic heterocycles. The molecule has 4 nitrogen and oxygen atoms in total. The van der Waals surface area contributed by atoms with Crippen LogP contribution >= 0.6 is 0 Å². The van der Waals surface area contributed by atoms with Crippen molar-refractivity contribution in [1.82, 2.24) is 0 Å². The van der Waals surface area contributed by atoms with Gasteiger partial charge in [-0.2, -0.15) is 0 Å². The van der Waals surface area contributed by atoms with Crippen molar-refractivity contribution in [2.75, 3.05) is 13.2 Å². The first kappa shape index (κ1) is 19.2. The maximum atomic E-state index is 12.5. The molecule has 0 spiro atoms. The zero-order valence-electron chi connectivity index (χ0n) is 16.1. The molecule has 0 N–H and O–H groups in total. The van der Waals surface area contributed by atoms with E-state index in [9.17, 15) is 4.79 Å². The van der Waals surface area contributed by atoms with Gasteiger partial charge in [-0.15, -0.1) is 0 Å². The Morgan fingerprint density at radius 3 is 2.32 bits per heavy atom. The Hall–Kier alpha value is -0.610. The van der Waals surface area contributed by atoms with E-state index in [1.54, 1.807) is 0 Å². The number of unbranched alkanes of at least 4 members (excludes halogenated alkanes) is 2. The maximum absolute atomic E-state index is 12.5. The smallest absolute Gasteiger partial charge is 0.309 e. The molecule has 2 atom stereocenters. The molecule has 2 aliphatic heterocycles. The molecular formula is C21H36O4. The average Bonchev–Trinajstić information content (AvgIpc) is 2.63. The Kier molecular flexibility index (Phi) is 7.18. The van der Waals surface area contributed by atoms with Gasteiger partial charge in [0.15, 0.2) is 12.4 Å². The van der Waals surface area contributed by atoms with E-state index in [1.165, 1.54) is 51.4 Å². The van der Waals surface area contributed by atoms with Crippen LogP contribution in [0.2, 0.25) is 0 Å². The second-order valence-electron chi connectivity index (χ2n) is 8.58. The molecule has 2 saturated heterocycles. The van der Waals surface area contributed by atoms with Crippen molar-refractivity contribution >= 4 is 5.97 Å². The van der Waals surface area contributed by atoms with Crippen LogP contribution in [0.1, 0.15) is 78.1 Å². The standard InChI is InChI=1S/C21H36O4/c1-3-4-5-6-16-13-23-21(24-14-16)19-12-11-18(20(22)25-19)17-9-7-15(2)8-10-17/h15-19,21H,3-14H2,1-2H3. The van der Waals surface area contributed by atoms with Crippen molar-refractivity contribution in [3.63, 3.8) is 0 Å². The SMILES string of the molecule is CCCCCC1COC(C2CCC(C3CCC(C)CC3)C(=O)O2)OC1. The van der Waals surface area contributed by atoms with E-state index in [4.69, 9.17) is 14.2 Å². The fourth-order valence-electron chi connectivity index (χ4n) is 4.69. The summed E-state index contributed by atoms with van der Waals surface area (Å²) in [6, 6.07) is 0. The number of hydrogen-bond donors (Lipinski definition) is 0. The van der Waals surface area contributed by atoms with Crippen molar-refractivity contribution in [2.45, 2.75) is 90.4 Å². The van der Waals surface area contributed by atoms with Crippen LogP contribution in [-0.2, 0) is 19.0 Å². The van der Waals surface area contributed by atoms with Crippen LogP contribution in [0, 0.1) is 23.7 Å². The van der Waals surface area contributed by atoms with Gasteiger partial charge in [-0.05, 0) is 43.9 Å². The Morgan fingerprint density at radius 1 is 0.960 bits per heavy atom. The van der Waals surface area contributed by atoms with Gasteiger partial charge in [-0.1, -0.05) is 46.0 Å². The van der Waals surface area contributed by atoms with Crippen molar-refractivity contribution in [3.8, 4) is 0 Å². The predicted octanol–water partition coefficient (Wildman–Crippen LogP) is 4.70. The molecule has 0 bridgehead atoms. The third-order valence-electron chi connectivity index (χ3n) is 6.47. The summed E-state index contributed by atoms with van der Waals surface area (Å²) in [7, 11) is 0. The lowest BCUT2D eigenvalue weighted by atomic mass is 9.74. The third-order valence-corrected chi connectivity index (χ3v) is 6.47. The van der Waals surface area contributed by atoms with E-state index >= 15 is 0 Å². The summed E-state index contributed by atoms with van der Waals surface area (Å²) in [6.45, 7) is 6.03. The molecular weight excluding hydrogens is 316 g/mol. The lowest BCUT2D eigenvalue weighted by molar-refractivity contribution is -0.255. The average molecular weight is 353 g/mol. The molecule has 2 unspecified atom stereocenters. The molecule has 0 radical (unpaired) electrons. The number of cyclic esters (lactones) is 1. The van der Waals surface area contributed by atoms with Crippen LogP contribution in [0.3, 0.4) is 0 Å². The molecule has 25 heavy (non-hydrogen) atoms. The summed E-state index contributed by atoms with van der Waals surface area (Å²) in [5.41, 5.74) is 0. The molecule has 0 aromatic rings. The molecule has 2 heterocycles. The summed E-state index contributed by atoms with van der Waals surface area (Å²) in [5, 5.41) is 0. The summed E-state index contributed by atoms with van der Waals surface area (Å²) in [4.78, 5) is 12.5. The van der Waals surface area contributed by atoms with Gasteiger partial charge in [-0.3, -0.25) is 4.79 Å². The molecule has 3 aliphatic rings. The maximum Gasteiger partial charge on any atom is 0.309 e. The lowest BCUT2D eigenvalue weighted by Gasteiger charge is -2.39. The first-order chi connectivity index (χ1) is 12.2. The zero-order chi connectivity index (χ0) is 17.6. The van der Waals surface area contributed by atoms with Gasteiger partial charge in [-0.25, -0.2) is 0 Å². The van der Waals surface area contributed by atoms with Crippen molar-refractivity contribution < 1.29 is 19.0 Å². The molecule has 1 aliphatic carbocycles. The number of ether oxygens (including phenoxy) is 3. The zero-order valence-corrected chi connectivity index (χ0v) is 16.1. The van der Waals surface area contributed by atoms with E-state index in [0.29, 0.717) is 11.8 Å². The normalized spacial score (nSPS) is 39.8. The van der Waals surface area contributed by atoms with Gasteiger partial charge in [0.1, 0.15) is 0 Å². The summed E-state index contributed by atoms with van der Waals surface area (Å²) >= 11 is 0. The van der Waals surface area contributed by atoms with Crippen LogP contribution in [0.15, 0.2) is 0 Å². The highest BCUT2D eigenvalue weighted by atomic mass is 16.7. The fraction of sp³-hybridized carbons (Fsp3) is 0.952. The third kappa shape index (κ3) is 5.19. The first-order valence-corrected chi connectivity index (χ1v) is 10.6. The monoisotopic (exact) mass is 352 g/mol. The number of esters is 1. The minimum atomic E-state index is -0.348. The first-order valence-electron chi connectivity index (χ1n) is 10.6. The summed E-state index contributed by atoms with van der Waals surface area (Å²) in [5.74, 6) is 1.94. The Balaban J connectivity index is 1.40. The molecule has 3 rings (SSSR count). The van der Waals surface area contributed by atoms with E-state index in [0.717, 1.165) is 32.0 Å². The quantitative estimate of drug-likeness (QED) is 0.513. The number of carbonyl (C=O) groups is 1. The van der Waals surface area contributed by atoms with Crippen molar-refractivity contribution in [2.24, 2.45) is 23.7 Å².